The predicted molar refractivity (Wildman–Crippen MR) is 67.4 cm³/mol. The molecule has 0 bridgehead atoms. The lowest BCUT2D eigenvalue weighted by atomic mass is 10.1. The predicted octanol–water partition coefficient (Wildman–Crippen LogP) is 2.36. The molecule has 3 nitrogen and oxygen atoms in total. The third kappa shape index (κ3) is 3.92. The van der Waals surface area contributed by atoms with Gasteiger partial charge in [-0.05, 0) is 38.0 Å². The van der Waals surface area contributed by atoms with Crippen LogP contribution in [-0.2, 0) is 11.2 Å². The van der Waals surface area contributed by atoms with Crippen molar-refractivity contribution in [2.24, 2.45) is 0 Å². The van der Waals surface area contributed by atoms with E-state index in [0.717, 1.165) is 25.1 Å². The fourth-order valence-electron chi connectivity index (χ4n) is 1.73. The summed E-state index contributed by atoms with van der Waals surface area (Å²) in [5, 5.41) is 8.67. The van der Waals surface area contributed by atoms with Gasteiger partial charge in [0.2, 0.25) is 5.91 Å². The van der Waals surface area contributed by atoms with Gasteiger partial charge in [-0.25, -0.2) is 0 Å². The summed E-state index contributed by atoms with van der Waals surface area (Å²) < 4.78 is 0. The number of hydrogen-bond acceptors (Lipinski definition) is 2. The highest BCUT2D eigenvalue weighted by molar-refractivity contribution is 5.76. The first-order chi connectivity index (χ1) is 8.21. The normalized spacial score (nSPS) is 9.71. The van der Waals surface area contributed by atoms with Crippen LogP contribution in [0.2, 0.25) is 0 Å². The topological polar surface area (TPSA) is 44.1 Å². The summed E-state index contributed by atoms with van der Waals surface area (Å²) in [6.45, 7) is 5.51. The molecule has 0 unspecified atom stereocenters. The van der Waals surface area contributed by atoms with Crippen molar-refractivity contribution in [1.29, 1.82) is 5.26 Å². The smallest absolute Gasteiger partial charge is 0.222 e. The minimum absolute atomic E-state index is 0.194. The second kappa shape index (κ2) is 6.70. The molecular weight excluding hydrogens is 212 g/mol. The highest BCUT2D eigenvalue weighted by atomic mass is 16.2. The van der Waals surface area contributed by atoms with Crippen molar-refractivity contribution < 1.29 is 4.79 Å². The largest absolute Gasteiger partial charge is 0.343 e. The van der Waals surface area contributed by atoms with E-state index < -0.39 is 0 Å². The molecule has 0 fully saturated rings. The van der Waals surface area contributed by atoms with E-state index >= 15 is 0 Å². The summed E-state index contributed by atoms with van der Waals surface area (Å²) in [4.78, 5) is 13.6. The van der Waals surface area contributed by atoms with Crippen LogP contribution in [0.15, 0.2) is 24.3 Å². The number of carbonyl (C=O) groups is 1. The van der Waals surface area contributed by atoms with Crippen LogP contribution in [0, 0.1) is 11.3 Å². The molecule has 1 aromatic rings. The first-order valence-electron chi connectivity index (χ1n) is 5.98. The Morgan fingerprint density at radius 1 is 1.24 bits per heavy atom. The van der Waals surface area contributed by atoms with Gasteiger partial charge in [-0.2, -0.15) is 5.26 Å². The Bertz CT molecular complexity index is 399. The van der Waals surface area contributed by atoms with Crippen LogP contribution in [0.3, 0.4) is 0 Å². The van der Waals surface area contributed by atoms with Crippen molar-refractivity contribution in [1.82, 2.24) is 4.90 Å². The number of amides is 1. The van der Waals surface area contributed by atoms with Crippen LogP contribution >= 0.6 is 0 Å². The lowest BCUT2D eigenvalue weighted by Gasteiger charge is -2.18. The number of nitriles is 1. The summed E-state index contributed by atoms with van der Waals surface area (Å²) in [6.07, 6.45) is 1.27. The zero-order chi connectivity index (χ0) is 12.7. The molecule has 0 atom stereocenters. The number of aryl methyl sites for hydroxylation is 1. The lowest BCUT2D eigenvalue weighted by molar-refractivity contribution is -0.130. The van der Waals surface area contributed by atoms with Crippen LogP contribution in [0.25, 0.3) is 0 Å². The fraction of sp³-hybridized carbons (Fsp3) is 0.429. The van der Waals surface area contributed by atoms with Gasteiger partial charge in [0.25, 0.3) is 0 Å². The molecule has 0 aliphatic heterocycles. The standard InChI is InChI=1S/C14H18N2O/c1-3-16(4-2)14(17)10-9-12-5-7-13(11-15)8-6-12/h5-8H,3-4,9-10H2,1-2H3. The fourth-order valence-corrected chi connectivity index (χ4v) is 1.73. The second-order valence-corrected chi connectivity index (χ2v) is 3.87. The Labute approximate surface area is 103 Å². The Morgan fingerprint density at radius 2 is 1.82 bits per heavy atom. The summed E-state index contributed by atoms with van der Waals surface area (Å²) in [7, 11) is 0. The summed E-state index contributed by atoms with van der Waals surface area (Å²) in [6, 6.07) is 9.48. The van der Waals surface area contributed by atoms with Gasteiger partial charge >= 0.3 is 0 Å². The highest BCUT2D eigenvalue weighted by Crippen LogP contribution is 2.07. The average molecular weight is 230 g/mol. The van der Waals surface area contributed by atoms with Crippen molar-refractivity contribution >= 4 is 5.91 Å². The molecule has 1 amide bonds. The Balaban J connectivity index is 2.50. The van der Waals surface area contributed by atoms with Gasteiger partial charge in [-0.1, -0.05) is 12.1 Å². The average Bonchev–Trinajstić information content (AvgIpc) is 2.38. The quantitative estimate of drug-likeness (QED) is 0.779. The maximum Gasteiger partial charge on any atom is 0.222 e. The van der Waals surface area contributed by atoms with Crippen LogP contribution in [-0.4, -0.2) is 23.9 Å². The molecule has 0 spiro atoms. The van der Waals surface area contributed by atoms with Crippen LogP contribution in [0.5, 0.6) is 0 Å². The molecule has 0 saturated heterocycles. The molecule has 0 radical (unpaired) electrons. The molecule has 0 aromatic heterocycles. The summed E-state index contributed by atoms with van der Waals surface area (Å²) in [5.74, 6) is 0.194. The zero-order valence-electron chi connectivity index (χ0n) is 10.4. The molecule has 0 saturated carbocycles. The van der Waals surface area contributed by atoms with Crippen LogP contribution in [0.1, 0.15) is 31.4 Å². The van der Waals surface area contributed by atoms with Crippen molar-refractivity contribution in [3.63, 3.8) is 0 Å². The molecule has 0 aliphatic carbocycles. The minimum Gasteiger partial charge on any atom is -0.343 e. The van der Waals surface area contributed by atoms with Crippen molar-refractivity contribution in [3.8, 4) is 6.07 Å². The first kappa shape index (κ1) is 13.2. The van der Waals surface area contributed by atoms with E-state index in [1.54, 1.807) is 12.1 Å². The number of hydrogen-bond donors (Lipinski definition) is 0. The molecule has 1 rings (SSSR count). The Hall–Kier alpha value is -1.82. The van der Waals surface area contributed by atoms with E-state index in [4.69, 9.17) is 5.26 Å². The van der Waals surface area contributed by atoms with E-state index in [0.29, 0.717) is 12.0 Å². The van der Waals surface area contributed by atoms with Gasteiger partial charge in [-0.15, -0.1) is 0 Å². The van der Waals surface area contributed by atoms with E-state index in [1.807, 2.05) is 30.9 Å². The van der Waals surface area contributed by atoms with E-state index in [-0.39, 0.29) is 5.91 Å². The van der Waals surface area contributed by atoms with Gasteiger partial charge in [0, 0.05) is 19.5 Å². The second-order valence-electron chi connectivity index (χ2n) is 3.87. The minimum atomic E-state index is 0.194. The maximum atomic E-state index is 11.8. The molecule has 0 aliphatic rings. The number of rotatable bonds is 5. The van der Waals surface area contributed by atoms with Gasteiger partial charge in [0.05, 0.1) is 11.6 Å². The molecule has 90 valence electrons. The van der Waals surface area contributed by atoms with Gasteiger partial charge in [0.15, 0.2) is 0 Å². The van der Waals surface area contributed by atoms with Crippen molar-refractivity contribution in [2.45, 2.75) is 26.7 Å². The third-order valence-electron chi connectivity index (χ3n) is 2.83. The van der Waals surface area contributed by atoms with E-state index in [2.05, 4.69) is 6.07 Å². The SMILES string of the molecule is CCN(CC)C(=O)CCc1ccc(C#N)cc1. The van der Waals surface area contributed by atoms with E-state index in [1.165, 1.54) is 0 Å². The molecule has 1 aromatic carbocycles. The monoisotopic (exact) mass is 230 g/mol. The number of carbonyl (C=O) groups excluding carboxylic acids is 1. The van der Waals surface area contributed by atoms with Gasteiger partial charge in [-0.3, -0.25) is 4.79 Å². The van der Waals surface area contributed by atoms with Crippen LogP contribution in [0.4, 0.5) is 0 Å². The zero-order valence-corrected chi connectivity index (χ0v) is 10.4. The molecule has 0 N–H and O–H groups in total. The summed E-state index contributed by atoms with van der Waals surface area (Å²) in [5.41, 5.74) is 1.76. The highest BCUT2D eigenvalue weighted by Gasteiger charge is 2.08. The molecule has 0 heterocycles. The Kier molecular flexibility index (Phi) is 5.22. The Morgan fingerprint density at radius 3 is 2.29 bits per heavy atom. The molecular formula is C14H18N2O. The molecule has 17 heavy (non-hydrogen) atoms. The lowest BCUT2D eigenvalue weighted by Crippen LogP contribution is -2.30. The van der Waals surface area contributed by atoms with Gasteiger partial charge < -0.3 is 4.90 Å². The number of nitrogens with zero attached hydrogens (tertiary/aromatic N) is 2. The van der Waals surface area contributed by atoms with Crippen molar-refractivity contribution in [3.05, 3.63) is 35.4 Å². The van der Waals surface area contributed by atoms with Gasteiger partial charge in [0.1, 0.15) is 0 Å². The van der Waals surface area contributed by atoms with Crippen LogP contribution < -0.4 is 0 Å². The molecule has 3 heteroatoms. The first-order valence-corrected chi connectivity index (χ1v) is 5.98. The maximum absolute atomic E-state index is 11.8. The summed E-state index contributed by atoms with van der Waals surface area (Å²) >= 11 is 0. The van der Waals surface area contributed by atoms with E-state index in [9.17, 15) is 4.79 Å². The third-order valence-corrected chi connectivity index (χ3v) is 2.83. The number of benzene rings is 1. The van der Waals surface area contributed by atoms with Crippen molar-refractivity contribution in [2.75, 3.05) is 13.1 Å².